The Labute approximate surface area is 178 Å². The average molecular weight is 411 g/mol. The zero-order valence-corrected chi connectivity index (χ0v) is 17.6. The molecule has 0 aliphatic heterocycles. The summed E-state index contributed by atoms with van der Waals surface area (Å²) in [4.78, 5) is 27.7. The van der Waals surface area contributed by atoms with Crippen LogP contribution in [0, 0.1) is 5.82 Å². The third kappa shape index (κ3) is 6.41. The molecule has 0 saturated heterocycles. The number of benzene rings is 2. The molecule has 0 bridgehead atoms. The summed E-state index contributed by atoms with van der Waals surface area (Å²) >= 11 is 0. The van der Waals surface area contributed by atoms with Gasteiger partial charge in [-0.15, -0.1) is 0 Å². The van der Waals surface area contributed by atoms with Crippen molar-refractivity contribution in [2.24, 2.45) is 0 Å². The second-order valence-electron chi connectivity index (χ2n) is 8.15. The second-order valence-corrected chi connectivity index (χ2v) is 8.15. The molecule has 0 spiro atoms. The first-order valence-corrected chi connectivity index (χ1v) is 10.9. The summed E-state index contributed by atoms with van der Waals surface area (Å²) in [5.41, 5.74) is 1.86. The Balaban J connectivity index is 1.68. The predicted molar refractivity (Wildman–Crippen MR) is 116 cm³/mol. The molecule has 30 heavy (non-hydrogen) atoms. The molecule has 1 aliphatic rings. The summed E-state index contributed by atoms with van der Waals surface area (Å²) in [5.74, 6) is -0.543. The number of rotatable bonds is 8. The lowest BCUT2D eigenvalue weighted by molar-refractivity contribution is -0.139. The van der Waals surface area contributed by atoms with Gasteiger partial charge in [0.2, 0.25) is 11.8 Å². The zero-order valence-electron chi connectivity index (χ0n) is 17.6. The van der Waals surface area contributed by atoms with Gasteiger partial charge in [-0.1, -0.05) is 61.7 Å². The molecule has 1 fully saturated rings. The molecule has 0 aromatic heterocycles. The number of hydrogen-bond donors (Lipinski definition) is 1. The molecule has 160 valence electrons. The first-order chi connectivity index (χ1) is 14.5. The van der Waals surface area contributed by atoms with Gasteiger partial charge >= 0.3 is 0 Å². The lowest BCUT2D eigenvalue weighted by atomic mass is 9.95. The van der Waals surface area contributed by atoms with Gasteiger partial charge in [0.1, 0.15) is 11.9 Å². The lowest BCUT2D eigenvalue weighted by Crippen LogP contribution is -2.51. The van der Waals surface area contributed by atoms with E-state index in [1.165, 1.54) is 18.6 Å². The van der Waals surface area contributed by atoms with Gasteiger partial charge in [-0.25, -0.2) is 4.39 Å². The van der Waals surface area contributed by atoms with E-state index in [4.69, 9.17) is 0 Å². The van der Waals surface area contributed by atoms with E-state index in [0.29, 0.717) is 13.0 Å². The maximum atomic E-state index is 13.2. The molecule has 2 aromatic rings. The van der Waals surface area contributed by atoms with E-state index in [1.54, 1.807) is 24.0 Å². The van der Waals surface area contributed by atoms with Crippen molar-refractivity contribution in [1.29, 1.82) is 0 Å². The van der Waals surface area contributed by atoms with Gasteiger partial charge in [0.25, 0.3) is 0 Å². The van der Waals surface area contributed by atoms with Crippen molar-refractivity contribution in [1.82, 2.24) is 10.2 Å². The standard InChI is InChI=1S/C25H31FN2O2/c1-19(25(30)27-23-10-6-3-7-11-23)28(17-16-20-8-4-2-5-9-20)24(29)18-21-12-14-22(26)15-13-21/h2,4-5,8-9,12-15,19,23H,3,6-7,10-11,16-18H2,1H3,(H,27,30)/t19-/m0/s1. The largest absolute Gasteiger partial charge is 0.352 e. The summed E-state index contributed by atoms with van der Waals surface area (Å²) in [6.07, 6.45) is 6.34. The average Bonchev–Trinajstić information content (AvgIpc) is 2.77. The van der Waals surface area contributed by atoms with Crippen LogP contribution in [0.4, 0.5) is 4.39 Å². The maximum Gasteiger partial charge on any atom is 0.242 e. The van der Waals surface area contributed by atoms with Crippen LogP contribution in [0.25, 0.3) is 0 Å². The fourth-order valence-electron chi connectivity index (χ4n) is 4.02. The molecule has 1 atom stereocenters. The van der Waals surface area contributed by atoms with Gasteiger partial charge in [0.05, 0.1) is 6.42 Å². The molecule has 1 saturated carbocycles. The summed E-state index contributed by atoms with van der Waals surface area (Å²) in [5, 5.41) is 3.14. The first-order valence-electron chi connectivity index (χ1n) is 10.9. The summed E-state index contributed by atoms with van der Waals surface area (Å²) in [6.45, 7) is 2.26. The van der Waals surface area contributed by atoms with Crippen LogP contribution in [0.1, 0.15) is 50.2 Å². The second kappa shape index (κ2) is 10.9. The van der Waals surface area contributed by atoms with Crippen LogP contribution in [0.5, 0.6) is 0 Å². The Hall–Kier alpha value is -2.69. The SMILES string of the molecule is C[C@@H](C(=O)NC1CCCCC1)N(CCc1ccccc1)C(=O)Cc1ccc(F)cc1. The Kier molecular flexibility index (Phi) is 8.00. The molecular formula is C25H31FN2O2. The number of amides is 2. The third-order valence-corrected chi connectivity index (χ3v) is 5.87. The van der Waals surface area contributed by atoms with Crippen molar-refractivity contribution in [3.05, 3.63) is 71.5 Å². The maximum absolute atomic E-state index is 13.2. The molecule has 0 radical (unpaired) electrons. The van der Waals surface area contributed by atoms with Gasteiger partial charge in [-0.05, 0) is 49.4 Å². The van der Waals surface area contributed by atoms with Crippen molar-refractivity contribution < 1.29 is 14.0 Å². The van der Waals surface area contributed by atoms with Gasteiger partial charge in [0.15, 0.2) is 0 Å². The van der Waals surface area contributed by atoms with Gasteiger partial charge < -0.3 is 10.2 Å². The molecule has 1 aliphatic carbocycles. The quantitative estimate of drug-likeness (QED) is 0.706. The van der Waals surface area contributed by atoms with Crippen LogP contribution in [-0.4, -0.2) is 35.3 Å². The number of carbonyl (C=O) groups is 2. The van der Waals surface area contributed by atoms with E-state index >= 15 is 0 Å². The molecule has 5 heteroatoms. The number of halogens is 1. The number of carbonyl (C=O) groups excluding carboxylic acids is 2. The van der Waals surface area contributed by atoms with Crippen molar-refractivity contribution in [2.45, 2.75) is 64.0 Å². The highest BCUT2D eigenvalue weighted by Gasteiger charge is 2.27. The van der Waals surface area contributed by atoms with Gasteiger partial charge in [-0.3, -0.25) is 9.59 Å². The Morgan fingerprint density at radius 1 is 1.00 bits per heavy atom. The fourth-order valence-corrected chi connectivity index (χ4v) is 4.02. The van der Waals surface area contributed by atoms with Crippen LogP contribution in [0.2, 0.25) is 0 Å². The topological polar surface area (TPSA) is 49.4 Å². The smallest absolute Gasteiger partial charge is 0.242 e. The molecule has 0 unspecified atom stereocenters. The fraction of sp³-hybridized carbons (Fsp3) is 0.440. The van der Waals surface area contributed by atoms with E-state index in [9.17, 15) is 14.0 Å². The molecule has 1 N–H and O–H groups in total. The Morgan fingerprint density at radius 3 is 2.33 bits per heavy atom. The van der Waals surface area contributed by atoms with Crippen LogP contribution in [-0.2, 0) is 22.4 Å². The summed E-state index contributed by atoms with van der Waals surface area (Å²) in [6, 6.07) is 15.6. The molecule has 4 nitrogen and oxygen atoms in total. The highest BCUT2D eigenvalue weighted by Crippen LogP contribution is 2.18. The van der Waals surface area contributed by atoms with Crippen LogP contribution in [0.15, 0.2) is 54.6 Å². The van der Waals surface area contributed by atoms with Gasteiger partial charge in [-0.2, -0.15) is 0 Å². The van der Waals surface area contributed by atoms with Crippen molar-refractivity contribution in [3.8, 4) is 0 Å². The minimum atomic E-state index is -0.552. The summed E-state index contributed by atoms with van der Waals surface area (Å²) < 4.78 is 13.2. The van der Waals surface area contributed by atoms with Crippen LogP contribution >= 0.6 is 0 Å². The van der Waals surface area contributed by atoms with E-state index in [2.05, 4.69) is 5.32 Å². The van der Waals surface area contributed by atoms with E-state index in [-0.39, 0.29) is 30.1 Å². The number of nitrogens with zero attached hydrogens (tertiary/aromatic N) is 1. The predicted octanol–water partition coefficient (Wildman–Crippen LogP) is 4.28. The van der Waals surface area contributed by atoms with Crippen molar-refractivity contribution >= 4 is 11.8 Å². The molecular weight excluding hydrogens is 379 g/mol. The highest BCUT2D eigenvalue weighted by molar-refractivity contribution is 5.88. The minimum Gasteiger partial charge on any atom is -0.352 e. The van der Waals surface area contributed by atoms with E-state index in [0.717, 1.165) is 36.8 Å². The van der Waals surface area contributed by atoms with Crippen molar-refractivity contribution in [2.75, 3.05) is 6.54 Å². The normalized spacial score (nSPS) is 15.4. The number of nitrogens with one attached hydrogen (secondary N) is 1. The zero-order chi connectivity index (χ0) is 21.3. The minimum absolute atomic E-state index is 0.0950. The lowest BCUT2D eigenvalue weighted by Gasteiger charge is -2.31. The van der Waals surface area contributed by atoms with Crippen molar-refractivity contribution in [3.63, 3.8) is 0 Å². The highest BCUT2D eigenvalue weighted by atomic mass is 19.1. The van der Waals surface area contributed by atoms with E-state index < -0.39 is 6.04 Å². The Bertz CT molecular complexity index is 817. The molecule has 2 aromatic carbocycles. The van der Waals surface area contributed by atoms with Gasteiger partial charge in [0, 0.05) is 12.6 Å². The van der Waals surface area contributed by atoms with Crippen LogP contribution < -0.4 is 5.32 Å². The third-order valence-electron chi connectivity index (χ3n) is 5.87. The molecule has 2 amide bonds. The monoisotopic (exact) mass is 410 g/mol. The molecule has 3 rings (SSSR count). The molecule has 0 heterocycles. The van der Waals surface area contributed by atoms with Crippen LogP contribution in [0.3, 0.4) is 0 Å². The van der Waals surface area contributed by atoms with E-state index in [1.807, 2.05) is 30.3 Å². The summed E-state index contributed by atoms with van der Waals surface area (Å²) in [7, 11) is 0. The first kappa shape index (κ1) is 22.0. The number of hydrogen-bond acceptors (Lipinski definition) is 2. The Morgan fingerprint density at radius 2 is 1.67 bits per heavy atom.